The van der Waals surface area contributed by atoms with Crippen molar-refractivity contribution in [3.8, 4) is 11.4 Å². The lowest BCUT2D eigenvalue weighted by molar-refractivity contribution is -0.120. The number of nitrogens with zero attached hydrogens (tertiary/aromatic N) is 3. The van der Waals surface area contributed by atoms with Gasteiger partial charge in [-0.2, -0.15) is 0 Å². The van der Waals surface area contributed by atoms with Crippen molar-refractivity contribution in [3.05, 3.63) is 29.3 Å². The fourth-order valence-corrected chi connectivity index (χ4v) is 2.88. The van der Waals surface area contributed by atoms with Crippen LogP contribution in [-0.4, -0.2) is 32.5 Å². The highest BCUT2D eigenvalue weighted by Crippen LogP contribution is 2.29. The Bertz CT molecular complexity index is 644. The van der Waals surface area contributed by atoms with E-state index in [0.717, 1.165) is 5.56 Å². The molecule has 0 unspecified atom stereocenters. The molecule has 7 heteroatoms. The molecular weight excluding hydrogens is 308 g/mol. The van der Waals surface area contributed by atoms with E-state index in [1.165, 1.54) is 11.8 Å². The monoisotopic (exact) mass is 324 g/mol. The number of rotatable bonds is 5. The van der Waals surface area contributed by atoms with Gasteiger partial charge >= 0.3 is 0 Å². The molecule has 0 radical (unpaired) electrons. The highest BCUT2D eigenvalue weighted by molar-refractivity contribution is 8.00. The van der Waals surface area contributed by atoms with Crippen molar-refractivity contribution in [3.63, 3.8) is 0 Å². The van der Waals surface area contributed by atoms with Crippen LogP contribution in [0, 0.1) is 0 Å². The minimum Gasteiger partial charge on any atom is -0.355 e. The van der Waals surface area contributed by atoms with Gasteiger partial charge in [0.25, 0.3) is 0 Å². The third-order valence-electron chi connectivity index (χ3n) is 2.95. The predicted molar refractivity (Wildman–Crippen MR) is 85.5 cm³/mol. The summed E-state index contributed by atoms with van der Waals surface area (Å²) in [5.74, 6) is 0.677. The second-order valence-corrected chi connectivity index (χ2v) is 6.21. The van der Waals surface area contributed by atoms with Crippen molar-refractivity contribution in [2.45, 2.75) is 24.3 Å². The molecular formula is C14H17ClN4OS. The average Bonchev–Trinajstić information content (AvgIpc) is 2.81. The van der Waals surface area contributed by atoms with Gasteiger partial charge in [-0.25, -0.2) is 0 Å². The van der Waals surface area contributed by atoms with E-state index in [0.29, 0.717) is 22.5 Å². The normalized spacial score (nSPS) is 12.2. The zero-order chi connectivity index (χ0) is 15.4. The highest BCUT2D eigenvalue weighted by atomic mass is 35.5. The van der Waals surface area contributed by atoms with Crippen molar-refractivity contribution in [1.29, 1.82) is 0 Å². The topological polar surface area (TPSA) is 59.8 Å². The first-order valence-electron chi connectivity index (χ1n) is 6.63. The van der Waals surface area contributed by atoms with Crippen molar-refractivity contribution in [2.24, 2.45) is 7.05 Å². The van der Waals surface area contributed by atoms with Crippen molar-refractivity contribution in [1.82, 2.24) is 20.1 Å². The first kappa shape index (κ1) is 15.9. The fourth-order valence-electron chi connectivity index (χ4n) is 1.82. The molecule has 1 aromatic heterocycles. The van der Waals surface area contributed by atoms with Crippen LogP contribution in [0.2, 0.25) is 5.02 Å². The number of nitrogens with one attached hydrogen (secondary N) is 1. The number of hydrogen-bond donors (Lipinski definition) is 1. The van der Waals surface area contributed by atoms with Gasteiger partial charge in [-0.05, 0) is 26.0 Å². The van der Waals surface area contributed by atoms with Gasteiger partial charge in [0.15, 0.2) is 11.0 Å². The minimum absolute atomic E-state index is 0.00945. The summed E-state index contributed by atoms with van der Waals surface area (Å²) in [7, 11) is 1.87. The number of hydrogen-bond acceptors (Lipinski definition) is 4. The van der Waals surface area contributed by atoms with Crippen molar-refractivity contribution in [2.75, 3.05) is 6.54 Å². The first-order chi connectivity index (χ1) is 10.0. The maximum Gasteiger partial charge on any atom is 0.233 e. The van der Waals surface area contributed by atoms with Crippen LogP contribution in [-0.2, 0) is 11.8 Å². The van der Waals surface area contributed by atoms with Gasteiger partial charge in [0.1, 0.15) is 0 Å². The van der Waals surface area contributed by atoms with Crippen LogP contribution in [0.4, 0.5) is 0 Å². The first-order valence-corrected chi connectivity index (χ1v) is 7.89. The predicted octanol–water partition coefficient (Wildman–Crippen LogP) is 2.75. The number of halogens is 1. The molecule has 112 valence electrons. The largest absolute Gasteiger partial charge is 0.355 e. The van der Waals surface area contributed by atoms with Crippen LogP contribution in [0.25, 0.3) is 11.4 Å². The Morgan fingerprint density at radius 3 is 2.81 bits per heavy atom. The third-order valence-corrected chi connectivity index (χ3v) is 4.42. The Balaban J connectivity index is 2.22. The molecule has 0 aliphatic rings. The van der Waals surface area contributed by atoms with E-state index in [1.54, 1.807) is 0 Å². The Morgan fingerprint density at radius 1 is 1.43 bits per heavy atom. The quantitative estimate of drug-likeness (QED) is 0.859. The Labute approximate surface area is 133 Å². The summed E-state index contributed by atoms with van der Waals surface area (Å²) in [6, 6.07) is 7.48. The van der Waals surface area contributed by atoms with Crippen molar-refractivity contribution >= 4 is 29.3 Å². The summed E-state index contributed by atoms with van der Waals surface area (Å²) in [4.78, 5) is 11.8. The average molecular weight is 325 g/mol. The summed E-state index contributed by atoms with van der Waals surface area (Å²) in [5.41, 5.74) is 0.826. The van der Waals surface area contributed by atoms with E-state index in [9.17, 15) is 4.79 Å². The molecule has 5 nitrogen and oxygen atoms in total. The maximum absolute atomic E-state index is 11.8. The van der Waals surface area contributed by atoms with E-state index >= 15 is 0 Å². The minimum atomic E-state index is -0.230. The van der Waals surface area contributed by atoms with Gasteiger partial charge in [0.2, 0.25) is 5.91 Å². The summed E-state index contributed by atoms with van der Waals surface area (Å²) >= 11 is 7.56. The van der Waals surface area contributed by atoms with Crippen LogP contribution >= 0.6 is 23.4 Å². The van der Waals surface area contributed by atoms with Crippen LogP contribution in [0.5, 0.6) is 0 Å². The van der Waals surface area contributed by atoms with Gasteiger partial charge in [0, 0.05) is 19.2 Å². The lowest BCUT2D eigenvalue weighted by Gasteiger charge is -2.10. The van der Waals surface area contributed by atoms with Gasteiger partial charge in [-0.1, -0.05) is 35.5 Å². The smallest absolute Gasteiger partial charge is 0.233 e. The highest BCUT2D eigenvalue weighted by Gasteiger charge is 2.19. The SMILES string of the molecule is CCNC(=O)[C@@H](C)Sc1nnc(-c2ccccc2Cl)n1C. The molecule has 2 aromatic rings. The van der Waals surface area contributed by atoms with Crippen LogP contribution in [0.15, 0.2) is 29.4 Å². The summed E-state index contributed by atoms with van der Waals surface area (Å²) in [6.07, 6.45) is 0. The molecule has 0 bridgehead atoms. The maximum atomic E-state index is 11.8. The molecule has 1 heterocycles. The third kappa shape index (κ3) is 3.57. The van der Waals surface area contributed by atoms with Crippen LogP contribution in [0.1, 0.15) is 13.8 Å². The molecule has 1 N–H and O–H groups in total. The lowest BCUT2D eigenvalue weighted by Crippen LogP contribution is -2.30. The molecule has 0 spiro atoms. The van der Waals surface area contributed by atoms with E-state index in [4.69, 9.17) is 11.6 Å². The van der Waals surface area contributed by atoms with E-state index < -0.39 is 0 Å². The molecule has 0 aliphatic heterocycles. The molecule has 0 aliphatic carbocycles. The molecule has 1 amide bonds. The summed E-state index contributed by atoms with van der Waals surface area (Å²) < 4.78 is 1.85. The Morgan fingerprint density at radius 2 is 2.14 bits per heavy atom. The molecule has 0 fully saturated rings. The number of amides is 1. The summed E-state index contributed by atoms with van der Waals surface area (Å²) in [6.45, 7) is 4.36. The molecule has 2 rings (SSSR count). The molecule has 21 heavy (non-hydrogen) atoms. The van der Waals surface area contributed by atoms with E-state index in [2.05, 4.69) is 15.5 Å². The number of aromatic nitrogens is 3. The number of benzene rings is 1. The van der Waals surface area contributed by atoms with Gasteiger partial charge in [-0.3, -0.25) is 4.79 Å². The molecule has 1 atom stereocenters. The number of carbonyl (C=O) groups excluding carboxylic acids is 1. The van der Waals surface area contributed by atoms with E-state index in [1.807, 2.05) is 49.7 Å². The molecule has 0 saturated carbocycles. The fraction of sp³-hybridized carbons (Fsp3) is 0.357. The lowest BCUT2D eigenvalue weighted by atomic mass is 10.2. The second-order valence-electron chi connectivity index (χ2n) is 4.50. The Kier molecular flexibility index (Phi) is 5.25. The zero-order valence-electron chi connectivity index (χ0n) is 12.1. The second kappa shape index (κ2) is 6.95. The van der Waals surface area contributed by atoms with Crippen molar-refractivity contribution < 1.29 is 4.79 Å². The van der Waals surface area contributed by atoms with Crippen LogP contribution < -0.4 is 5.32 Å². The zero-order valence-corrected chi connectivity index (χ0v) is 13.7. The number of thioether (sulfide) groups is 1. The molecule has 1 aromatic carbocycles. The standard InChI is InChI=1S/C14H17ClN4OS/c1-4-16-13(20)9(2)21-14-18-17-12(19(14)3)10-7-5-6-8-11(10)15/h5-9H,4H2,1-3H3,(H,16,20)/t9-/m1/s1. The number of carbonyl (C=O) groups is 1. The summed E-state index contributed by atoms with van der Waals surface area (Å²) in [5, 5.41) is 12.2. The Hall–Kier alpha value is -1.53. The van der Waals surface area contributed by atoms with Gasteiger partial charge in [0.05, 0.1) is 10.3 Å². The molecule has 0 saturated heterocycles. The van der Waals surface area contributed by atoms with Gasteiger partial charge in [-0.15, -0.1) is 10.2 Å². The van der Waals surface area contributed by atoms with Crippen LogP contribution in [0.3, 0.4) is 0 Å². The van der Waals surface area contributed by atoms with E-state index in [-0.39, 0.29) is 11.2 Å². The van der Waals surface area contributed by atoms with Gasteiger partial charge < -0.3 is 9.88 Å².